The Morgan fingerprint density at radius 1 is 1.40 bits per heavy atom. The van der Waals surface area contributed by atoms with Crippen molar-refractivity contribution in [2.24, 2.45) is 0 Å². The molecule has 0 N–H and O–H groups in total. The molecule has 0 aliphatic carbocycles. The van der Waals surface area contributed by atoms with Crippen molar-refractivity contribution in [1.82, 2.24) is 14.9 Å². The van der Waals surface area contributed by atoms with Crippen LogP contribution in [0.2, 0.25) is 0 Å². The van der Waals surface area contributed by atoms with Crippen LogP contribution >= 0.6 is 11.3 Å². The number of piperidine rings is 1. The number of thiazole rings is 1. The van der Waals surface area contributed by atoms with Gasteiger partial charge in [0.05, 0.1) is 11.2 Å². The van der Waals surface area contributed by atoms with E-state index in [2.05, 4.69) is 44.3 Å². The van der Waals surface area contributed by atoms with Crippen molar-refractivity contribution >= 4 is 17.2 Å². The van der Waals surface area contributed by atoms with Crippen LogP contribution in [0.3, 0.4) is 0 Å². The molecule has 5 heteroatoms. The second-order valence-electron chi connectivity index (χ2n) is 5.32. The fourth-order valence-corrected chi connectivity index (χ4v) is 3.31. The number of pyridine rings is 1. The first-order valence-electron chi connectivity index (χ1n) is 7.06. The Bertz CT molecular complexity index is 514. The third-order valence-corrected chi connectivity index (χ3v) is 4.52. The van der Waals surface area contributed by atoms with Gasteiger partial charge >= 0.3 is 0 Å². The van der Waals surface area contributed by atoms with Crippen molar-refractivity contribution in [3.63, 3.8) is 0 Å². The molecule has 1 saturated heterocycles. The predicted molar refractivity (Wildman–Crippen MR) is 83.1 cm³/mol. The van der Waals surface area contributed by atoms with Crippen LogP contribution in [0.15, 0.2) is 35.3 Å². The van der Waals surface area contributed by atoms with Crippen molar-refractivity contribution in [1.29, 1.82) is 0 Å². The van der Waals surface area contributed by atoms with Gasteiger partial charge in [-0.3, -0.25) is 4.90 Å². The molecule has 3 heterocycles. The molecule has 106 valence electrons. The molecule has 0 saturated carbocycles. The first kappa shape index (κ1) is 13.5. The number of nitrogens with zero attached hydrogens (tertiary/aromatic N) is 4. The molecule has 3 rings (SSSR count). The summed E-state index contributed by atoms with van der Waals surface area (Å²) in [5, 5.41) is 2.13. The summed E-state index contributed by atoms with van der Waals surface area (Å²) in [6.45, 7) is 3.10. The largest absolute Gasteiger partial charge is 0.355 e. The highest BCUT2D eigenvalue weighted by molar-refractivity contribution is 7.07. The molecule has 2 aromatic rings. The predicted octanol–water partition coefficient (Wildman–Crippen LogP) is 2.64. The van der Waals surface area contributed by atoms with Crippen molar-refractivity contribution in [3.8, 4) is 0 Å². The van der Waals surface area contributed by atoms with Crippen LogP contribution in [0.25, 0.3) is 0 Å². The Hall–Kier alpha value is -1.46. The normalized spacial score (nSPS) is 19.5. The highest BCUT2D eigenvalue weighted by Crippen LogP contribution is 2.21. The zero-order chi connectivity index (χ0) is 13.8. The number of aromatic nitrogens is 2. The molecule has 0 radical (unpaired) electrons. The van der Waals surface area contributed by atoms with Gasteiger partial charge in [0.1, 0.15) is 5.82 Å². The zero-order valence-electron chi connectivity index (χ0n) is 11.8. The van der Waals surface area contributed by atoms with Crippen molar-refractivity contribution in [2.45, 2.75) is 25.4 Å². The van der Waals surface area contributed by atoms with E-state index in [9.17, 15) is 0 Å². The van der Waals surface area contributed by atoms with Gasteiger partial charge in [0.2, 0.25) is 0 Å². The monoisotopic (exact) mass is 288 g/mol. The van der Waals surface area contributed by atoms with Crippen molar-refractivity contribution in [3.05, 3.63) is 41.0 Å². The minimum atomic E-state index is 0.576. The molecular formula is C15H20N4S. The molecule has 0 unspecified atom stereocenters. The maximum absolute atomic E-state index is 4.47. The van der Waals surface area contributed by atoms with Crippen molar-refractivity contribution < 1.29 is 0 Å². The summed E-state index contributed by atoms with van der Waals surface area (Å²) in [5.74, 6) is 1.10. The third-order valence-electron chi connectivity index (χ3n) is 3.89. The number of hydrogen-bond acceptors (Lipinski definition) is 5. The van der Waals surface area contributed by atoms with E-state index in [4.69, 9.17) is 0 Å². The van der Waals surface area contributed by atoms with Gasteiger partial charge in [-0.15, -0.1) is 11.3 Å². The lowest BCUT2D eigenvalue weighted by Gasteiger charge is -2.38. The molecule has 1 fully saturated rings. The fraction of sp³-hybridized carbons (Fsp3) is 0.467. The standard InChI is InChI=1S/C15H20N4S/c1-18(9-13-11-20-12-17-13)14-5-4-8-19(10-14)15-6-2-3-7-16-15/h2-3,6-7,11-12,14H,4-5,8-10H2,1H3/t14-/m0/s1. The quantitative estimate of drug-likeness (QED) is 0.866. The fourth-order valence-electron chi connectivity index (χ4n) is 2.76. The van der Waals surface area contributed by atoms with Gasteiger partial charge in [-0.25, -0.2) is 9.97 Å². The molecule has 1 aliphatic heterocycles. The summed E-state index contributed by atoms with van der Waals surface area (Å²) in [5.41, 5.74) is 3.08. The third kappa shape index (κ3) is 3.16. The van der Waals surface area contributed by atoms with Gasteiger partial charge in [0.25, 0.3) is 0 Å². The molecule has 0 bridgehead atoms. The minimum absolute atomic E-state index is 0.576. The molecule has 0 aromatic carbocycles. The molecule has 4 nitrogen and oxygen atoms in total. The smallest absolute Gasteiger partial charge is 0.128 e. The first-order valence-corrected chi connectivity index (χ1v) is 8.00. The second-order valence-corrected chi connectivity index (χ2v) is 6.04. The second kappa shape index (κ2) is 6.33. The van der Waals surface area contributed by atoms with Gasteiger partial charge < -0.3 is 4.90 Å². The first-order chi connectivity index (χ1) is 9.83. The maximum atomic E-state index is 4.47. The Morgan fingerprint density at radius 3 is 3.10 bits per heavy atom. The number of rotatable bonds is 4. The molecule has 2 aromatic heterocycles. The highest BCUT2D eigenvalue weighted by Gasteiger charge is 2.24. The van der Waals surface area contributed by atoms with E-state index in [0.717, 1.165) is 25.5 Å². The lowest BCUT2D eigenvalue weighted by atomic mass is 10.0. The van der Waals surface area contributed by atoms with Crippen LogP contribution in [0.4, 0.5) is 5.82 Å². The summed E-state index contributed by atoms with van der Waals surface area (Å²) in [6, 6.07) is 6.71. The molecule has 1 aliphatic rings. The van der Waals surface area contributed by atoms with Crippen LogP contribution in [-0.4, -0.2) is 41.0 Å². The van der Waals surface area contributed by atoms with Crippen molar-refractivity contribution in [2.75, 3.05) is 25.0 Å². The summed E-state index contributed by atoms with van der Waals surface area (Å²) < 4.78 is 0. The summed E-state index contributed by atoms with van der Waals surface area (Å²) >= 11 is 1.67. The van der Waals surface area contributed by atoms with E-state index < -0.39 is 0 Å². The lowest BCUT2D eigenvalue weighted by Crippen LogP contribution is -2.46. The summed E-state index contributed by atoms with van der Waals surface area (Å²) in [4.78, 5) is 13.7. The molecule has 20 heavy (non-hydrogen) atoms. The number of anilines is 1. The SMILES string of the molecule is CN(Cc1cscn1)[C@H]1CCCN(c2ccccn2)C1. The highest BCUT2D eigenvalue weighted by atomic mass is 32.1. The lowest BCUT2D eigenvalue weighted by molar-refractivity contribution is 0.205. The zero-order valence-corrected chi connectivity index (χ0v) is 12.6. The Labute approximate surface area is 124 Å². The topological polar surface area (TPSA) is 32.3 Å². The van der Waals surface area contributed by atoms with Gasteiger partial charge in [0.15, 0.2) is 0 Å². The van der Waals surface area contributed by atoms with Crippen LogP contribution in [-0.2, 0) is 6.54 Å². The Balaban J connectivity index is 1.63. The van der Waals surface area contributed by atoms with Crippen LogP contribution in [0.5, 0.6) is 0 Å². The van der Waals surface area contributed by atoms with E-state index in [0.29, 0.717) is 6.04 Å². The van der Waals surface area contributed by atoms with E-state index in [1.165, 1.54) is 18.5 Å². The summed E-state index contributed by atoms with van der Waals surface area (Å²) in [7, 11) is 2.20. The molecule has 1 atom stereocenters. The number of hydrogen-bond donors (Lipinski definition) is 0. The van der Waals surface area contributed by atoms with E-state index in [1.54, 1.807) is 11.3 Å². The van der Waals surface area contributed by atoms with Crippen LogP contribution in [0.1, 0.15) is 18.5 Å². The molecule has 0 amide bonds. The van der Waals surface area contributed by atoms with Crippen LogP contribution in [0, 0.1) is 0 Å². The van der Waals surface area contributed by atoms with E-state index in [-0.39, 0.29) is 0 Å². The maximum Gasteiger partial charge on any atom is 0.128 e. The van der Waals surface area contributed by atoms with E-state index in [1.807, 2.05) is 17.8 Å². The van der Waals surface area contributed by atoms with Crippen LogP contribution < -0.4 is 4.90 Å². The van der Waals surface area contributed by atoms with E-state index >= 15 is 0 Å². The van der Waals surface area contributed by atoms with Gasteiger partial charge in [-0.2, -0.15) is 0 Å². The average Bonchev–Trinajstić information content (AvgIpc) is 3.01. The molecular weight excluding hydrogens is 268 g/mol. The van der Waals surface area contributed by atoms with Gasteiger partial charge in [0, 0.05) is 37.3 Å². The Kier molecular flexibility index (Phi) is 4.28. The van der Waals surface area contributed by atoms with Gasteiger partial charge in [-0.05, 0) is 32.0 Å². The number of likely N-dealkylation sites (N-methyl/N-ethyl adjacent to an activating group) is 1. The summed E-state index contributed by atoms with van der Waals surface area (Å²) in [6.07, 6.45) is 4.35. The Morgan fingerprint density at radius 2 is 2.35 bits per heavy atom. The van der Waals surface area contributed by atoms with Gasteiger partial charge in [-0.1, -0.05) is 6.07 Å². The minimum Gasteiger partial charge on any atom is -0.355 e. The molecule has 0 spiro atoms. The average molecular weight is 288 g/mol.